The molecule has 1 aromatic heterocycles. The van der Waals surface area contributed by atoms with Gasteiger partial charge in [-0.05, 0) is 6.92 Å². The van der Waals surface area contributed by atoms with Crippen LogP contribution in [0.5, 0.6) is 11.5 Å². The van der Waals surface area contributed by atoms with Gasteiger partial charge in [0.2, 0.25) is 0 Å². The summed E-state index contributed by atoms with van der Waals surface area (Å²) in [5.74, 6) is 0.958. The molecular formula is C15H15Cl3N4O3. The molecule has 0 spiro atoms. The van der Waals surface area contributed by atoms with Gasteiger partial charge in [-0.2, -0.15) is 0 Å². The van der Waals surface area contributed by atoms with Gasteiger partial charge in [0.15, 0.2) is 0 Å². The Balaban J connectivity index is 2.39. The first-order valence-corrected chi connectivity index (χ1v) is 8.22. The second kappa shape index (κ2) is 8.42. The molecule has 1 aromatic carbocycles. The molecule has 7 nitrogen and oxygen atoms in total. The Morgan fingerprint density at radius 3 is 2.20 bits per heavy atom. The monoisotopic (exact) mass is 404 g/mol. The molecule has 0 aliphatic rings. The number of ether oxygens (including phenoxy) is 2. The van der Waals surface area contributed by atoms with Crippen LogP contribution in [-0.2, 0) is 0 Å². The molecule has 2 aromatic rings. The smallest absolute Gasteiger partial charge is 0.327 e. The number of benzene rings is 1. The third kappa shape index (κ3) is 4.18. The fourth-order valence-corrected chi connectivity index (χ4v) is 2.79. The minimum atomic E-state index is -0.503. The summed E-state index contributed by atoms with van der Waals surface area (Å²) in [5.41, 5.74) is 0.170. The highest BCUT2D eigenvalue weighted by molar-refractivity contribution is 6.41. The van der Waals surface area contributed by atoms with E-state index in [2.05, 4.69) is 15.3 Å². The molecule has 0 saturated carbocycles. The lowest BCUT2D eigenvalue weighted by molar-refractivity contribution is 0.257. The molecule has 0 aliphatic carbocycles. The normalized spacial score (nSPS) is 10.3. The number of hydrogen-bond donors (Lipinski definition) is 1. The number of methoxy groups -OCH3 is 2. The van der Waals surface area contributed by atoms with E-state index in [-0.39, 0.29) is 20.9 Å². The highest BCUT2D eigenvalue weighted by Crippen LogP contribution is 2.44. The zero-order valence-electron chi connectivity index (χ0n) is 13.6. The third-order valence-electron chi connectivity index (χ3n) is 3.26. The van der Waals surface area contributed by atoms with Gasteiger partial charge in [0.1, 0.15) is 38.8 Å². The first-order valence-electron chi connectivity index (χ1n) is 7.08. The van der Waals surface area contributed by atoms with Gasteiger partial charge in [-0.25, -0.2) is 14.8 Å². The standard InChI is InChI=1S/C15H15Cl3N4O3/c1-4-22(11-6-10(16)19-7-20-11)15(23)21-14-12(17)8(24-2)5-9(25-3)13(14)18/h5-7H,4H2,1-3H3,(H,21,23). The van der Waals surface area contributed by atoms with Crippen LogP contribution in [0.15, 0.2) is 18.5 Å². The van der Waals surface area contributed by atoms with E-state index in [1.807, 2.05) is 0 Å². The zero-order valence-corrected chi connectivity index (χ0v) is 15.9. The van der Waals surface area contributed by atoms with Crippen molar-refractivity contribution in [1.82, 2.24) is 9.97 Å². The Kier molecular flexibility index (Phi) is 6.52. The van der Waals surface area contributed by atoms with E-state index in [4.69, 9.17) is 44.3 Å². The Morgan fingerprint density at radius 1 is 1.12 bits per heavy atom. The molecule has 0 saturated heterocycles. The van der Waals surface area contributed by atoms with Gasteiger partial charge in [0.25, 0.3) is 0 Å². The highest BCUT2D eigenvalue weighted by Gasteiger charge is 2.22. The maximum Gasteiger partial charge on any atom is 0.327 e. The lowest BCUT2D eigenvalue weighted by Crippen LogP contribution is -2.35. The van der Waals surface area contributed by atoms with Gasteiger partial charge in [-0.1, -0.05) is 34.8 Å². The number of nitrogens with one attached hydrogen (secondary N) is 1. The number of rotatable bonds is 5. The average Bonchev–Trinajstić information content (AvgIpc) is 2.59. The molecule has 2 rings (SSSR count). The third-order valence-corrected chi connectivity index (χ3v) is 4.22. The van der Waals surface area contributed by atoms with Crippen LogP contribution in [0.25, 0.3) is 0 Å². The minimum Gasteiger partial charge on any atom is -0.495 e. The van der Waals surface area contributed by atoms with E-state index in [0.29, 0.717) is 23.9 Å². The lowest BCUT2D eigenvalue weighted by atomic mass is 10.2. The predicted octanol–water partition coefficient (Wildman–Crippen LogP) is 4.51. The maximum atomic E-state index is 12.7. The molecule has 10 heteroatoms. The van der Waals surface area contributed by atoms with Gasteiger partial charge in [-0.15, -0.1) is 0 Å². The van der Waals surface area contributed by atoms with Crippen molar-refractivity contribution < 1.29 is 14.3 Å². The molecule has 0 radical (unpaired) electrons. The largest absolute Gasteiger partial charge is 0.495 e. The van der Waals surface area contributed by atoms with E-state index in [9.17, 15) is 4.79 Å². The van der Waals surface area contributed by atoms with Crippen molar-refractivity contribution in [3.05, 3.63) is 33.7 Å². The molecule has 2 amide bonds. The number of anilines is 2. The number of nitrogens with zero attached hydrogens (tertiary/aromatic N) is 3. The molecule has 1 N–H and O–H groups in total. The Labute approximate surface area is 159 Å². The first kappa shape index (κ1) is 19.4. The van der Waals surface area contributed by atoms with Crippen LogP contribution in [0.4, 0.5) is 16.3 Å². The topological polar surface area (TPSA) is 76.6 Å². The molecule has 25 heavy (non-hydrogen) atoms. The van der Waals surface area contributed by atoms with Gasteiger partial charge in [-0.3, -0.25) is 4.90 Å². The molecule has 1 heterocycles. The van der Waals surface area contributed by atoms with E-state index < -0.39 is 6.03 Å². The van der Waals surface area contributed by atoms with Crippen molar-refractivity contribution in [1.29, 1.82) is 0 Å². The van der Waals surface area contributed by atoms with Gasteiger partial charge < -0.3 is 14.8 Å². The van der Waals surface area contributed by atoms with Gasteiger partial charge in [0.05, 0.1) is 19.9 Å². The Bertz CT molecular complexity index is 761. The summed E-state index contributed by atoms with van der Waals surface area (Å²) >= 11 is 18.4. The predicted molar refractivity (Wildman–Crippen MR) is 98.6 cm³/mol. The minimum absolute atomic E-state index is 0.151. The number of carbonyl (C=O) groups excluding carboxylic acids is 1. The van der Waals surface area contributed by atoms with Crippen molar-refractivity contribution in [2.45, 2.75) is 6.92 Å². The van der Waals surface area contributed by atoms with Crippen LogP contribution in [0.2, 0.25) is 15.2 Å². The quantitative estimate of drug-likeness (QED) is 0.741. The van der Waals surface area contributed by atoms with E-state index >= 15 is 0 Å². The summed E-state index contributed by atoms with van der Waals surface area (Å²) in [4.78, 5) is 21.9. The molecule has 134 valence electrons. The summed E-state index contributed by atoms with van der Waals surface area (Å²) in [6.07, 6.45) is 1.27. The summed E-state index contributed by atoms with van der Waals surface area (Å²) in [6, 6.07) is 2.50. The number of carbonyl (C=O) groups is 1. The van der Waals surface area contributed by atoms with Crippen molar-refractivity contribution in [3.63, 3.8) is 0 Å². The lowest BCUT2D eigenvalue weighted by Gasteiger charge is -2.22. The molecule has 0 fully saturated rings. The van der Waals surface area contributed by atoms with E-state index in [1.165, 1.54) is 37.6 Å². The second-order valence-electron chi connectivity index (χ2n) is 4.66. The highest BCUT2D eigenvalue weighted by atomic mass is 35.5. The molecular weight excluding hydrogens is 391 g/mol. The summed E-state index contributed by atoms with van der Waals surface area (Å²) < 4.78 is 10.4. The van der Waals surface area contributed by atoms with Gasteiger partial charge in [0, 0.05) is 18.7 Å². The summed E-state index contributed by atoms with van der Waals surface area (Å²) in [5, 5.41) is 3.18. The molecule has 0 unspecified atom stereocenters. The zero-order chi connectivity index (χ0) is 18.6. The fourth-order valence-electron chi connectivity index (χ4n) is 2.05. The van der Waals surface area contributed by atoms with Crippen molar-refractivity contribution >= 4 is 52.3 Å². The number of halogens is 3. The molecule has 0 aliphatic heterocycles. The number of aromatic nitrogens is 2. The van der Waals surface area contributed by atoms with E-state index in [1.54, 1.807) is 6.92 Å². The van der Waals surface area contributed by atoms with Crippen LogP contribution in [0.1, 0.15) is 6.92 Å². The summed E-state index contributed by atoms with van der Waals surface area (Å²) in [7, 11) is 2.89. The van der Waals surface area contributed by atoms with Crippen molar-refractivity contribution in [2.24, 2.45) is 0 Å². The fraction of sp³-hybridized carbons (Fsp3) is 0.267. The number of urea groups is 1. The van der Waals surface area contributed by atoms with E-state index in [0.717, 1.165) is 0 Å². The number of hydrogen-bond acceptors (Lipinski definition) is 5. The average molecular weight is 406 g/mol. The summed E-state index contributed by atoms with van der Waals surface area (Å²) in [6.45, 7) is 2.11. The maximum absolute atomic E-state index is 12.7. The number of amides is 2. The van der Waals surface area contributed by atoms with Crippen molar-refractivity contribution in [3.8, 4) is 11.5 Å². The van der Waals surface area contributed by atoms with Crippen LogP contribution >= 0.6 is 34.8 Å². The van der Waals surface area contributed by atoms with Crippen LogP contribution in [0, 0.1) is 0 Å². The Hall–Kier alpha value is -1.96. The van der Waals surface area contributed by atoms with Crippen LogP contribution < -0.4 is 19.7 Å². The Morgan fingerprint density at radius 2 is 1.72 bits per heavy atom. The molecule has 0 bridgehead atoms. The van der Waals surface area contributed by atoms with Crippen LogP contribution in [0.3, 0.4) is 0 Å². The van der Waals surface area contributed by atoms with Crippen molar-refractivity contribution in [2.75, 3.05) is 31.0 Å². The molecule has 0 atom stereocenters. The SMILES string of the molecule is CCN(C(=O)Nc1c(Cl)c(OC)cc(OC)c1Cl)c1cc(Cl)ncn1. The van der Waals surface area contributed by atoms with Gasteiger partial charge >= 0.3 is 6.03 Å². The van der Waals surface area contributed by atoms with Crippen LogP contribution in [-0.4, -0.2) is 36.8 Å². The first-order chi connectivity index (χ1) is 11.9. The second-order valence-corrected chi connectivity index (χ2v) is 5.80.